The Hall–Kier alpha value is -0.850. The second kappa shape index (κ2) is 4.80. The number of rotatable bonds is 1. The lowest BCUT2D eigenvalue weighted by Gasteiger charge is -2.24. The number of piperazine rings is 1. The summed E-state index contributed by atoms with van der Waals surface area (Å²) in [6.07, 6.45) is -4.46. The molecule has 0 spiro atoms. The van der Waals surface area contributed by atoms with Crippen LogP contribution in [0.5, 0.6) is 0 Å². The van der Waals surface area contributed by atoms with Crippen molar-refractivity contribution in [2.75, 3.05) is 19.6 Å². The van der Waals surface area contributed by atoms with Crippen molar-refractivity contribution in [1.29, 1.82) is 0 Å². The van der Waals surface area contributed by atoms with Crippen LogP contribution in [0.3, 0.4) is 0 Å². The molecule has 1 unspecified atom stereocenters. The first kappa shape index (κ1) is 12.6. The molecule has 0 aromatic carbocycles. The van der Waals surface area contributed by atoms with Crippen molar-refractivity contribution in [2.45, 2.75) is 12.2 Å². The summed E-state index contributed by atoms with van der Waals surface area (Å²) in [5, 5.41) is 5.79. The standard InChI is InChI=1S/C10H11ClF3N3/c11-9-6(10(12,13)14)1-2-7(17-9)8-5-15-3-4-16-8/h1-2,8,15-16H,3-5H2. The Bertz CT molecular complexity index is 402. The Balaban J connectivity index is 2.24. The maximum Gasteiger partial charge on any atom is 0.419 e. The SMILES string of the molecule is FC(F)(F)c1ccc(C2CNCCN2)nc1Cl. The number of nitrogens with one attached hydrogen (secondary N) is 2. The molecule has 3 nitrogen and oxygen atoms in total. The average Bonchev–Trinajstić information content (AvgIpc) is 2.28. The van der Waals surface area contributed by atoms with Gasteiger partial charge >= 0.3 is 6.18 Å². The number of hydrogen-bond donors (Lipinski definition) is 2. The molecule has 2 rings (SSSR count). The van der Waals surface area contributed by atoms with Gasteiger partial charge in [-0.05, 0) is 12.1 Å². The highest BCUT2D eigenvalue weighted by Crippen LogP contribution is 2.34. The minimum Gasteiger partial charge on any atom is -0.314 e. The molecule has 1 aromatic heterocycles. The van der Waals surface area contributed by atoms with Gasteiger partial charge in [-0.25, -0.2) is 4.98 Å². The van der Waals surface area contributed by atoms with Gasteiger partial charge in [-0.15, -0.1) is 0 Å². The molecule has 1 aromatic rings. The number of alkyl halides is 3. The summed E-state index contributed by atoms with van der Waals surface area (Å²) in [5.74, 6) is 0. The van der Waals surface area contributed by atoms with Crippen molar-refractivity contribution in [3.63, 3.8) is 0 Å². The van der Waals surface area contributed by atoms with Crippen LogP contribution < -0.4 is 10.6 Å². The molecule has 7 heteroatoms. The van der Waals surface area contributed by atoms with Crippen LogP contribution in [-0.2, 0) is 6.18 Å². The van der Waals surface area contributed by atoms with E-state index in [0.717, 1.165) is 19.2 Å². The number of nitrogens with zero attached hydrogens (tertiary/aromatic N) is 1. The Labute approximate surface area is 101 Å². The largest absolute Gasteiger partial charge is 0.419 e. The van der Waals surface area contributed by atoms with Gasteiger partial charge in [-0.1, -0.05) is 11.6 Å². The van der Waals surface area contributed by atoms with Crippen LogP contribution in [0.2, 0.25) is 5.15 Å². The third-order valence-corrected chi connectivity index (χ3v) is 2.86. The monoisotopic (exact) mass is 265 g/mol. The lowest BCUT2D eigenvalue weighted by atomic mass is 10.1. The van der Waals surface area contributed by atoms with Crippen LogP contribution >= 0.6 is 11.6 Å². The molecule has 1 aliphatic heterocycles. The third kappa shape index (κ3) is 2.88. The highest BCUT2D eigenvalue weighted by molar-refractivity contribution is 6.30. The van der Waals surface area contributed by atoms with Gasteiger partial charge in [-0.3, -0.25) is 0 Å². The van der Waals surface area contributed by atoms with Crippen LogP contribution in [0.4, 0.5) is 13.2 Å². The molecule has 94 valence electrons. The van der Waals surface area contributed by atoms with Crippen LogP contribution in [0, 0.1) is 0 Å². The van der Waals surface area contributed by atoms with E-state index in [4.69, 9.17) is 11.6 Å². The Morgan fingerprint density at radius 3 is 2.59 bits per heavy atom. The van der Waals surface area contributed by atoms with E-state index >= 15 is 0 Å². The molecule has 0 amide bonds. The Morgan fingerprint density at radius 1 is 1.29 bits per heavy atom. The average molecular weight is 266 g/mol. The van der Waals surface area contributed by atoms with Crippen molar-refractivity contribution >= 4 is 11.6 Å². The molecular weight excluding hydrogens is 255 g/mol. The quantitative estimate of drug-likeness (QED) is 0.763. The van der Waals surface area contributed by atoms with Gasteiger partial charge in [0.2, 0.25) is 0 Å². The van der Waals surface area contributed by atoms with E-state index in [-0.39, 0.29) is 6.04 Å². The maximum absolute atomic E-state index is 12.5. The first-order valence-electron chi connectivity index (χ1n) is 5.16. The van der Waals surface area contributed by atoms with Gasteiger partial charge in [0, 0.05) is 19.6 Å². The van der Waals surface area contributed by atoms with E-state index in [1.807, 2.05) is 0 Å². The summed E-state index contributed by atoms with van der Waals surface area (Å²) in [6.45, 7) is 2.23. The molecule has 2 N–H and O–H groups in total. The molecule has 1 atom stereocenters. The van der Waals surface area contributed by atoms with Crippen LogP contribution in [0.15, 0.2) is 12.1 Å². The second-order valence-electron chi connectivity index (χ2n) is 3.78. The Morgan fingerprint density at radius 2 is 2.06 bits per heavy atom. The summed E-state index contributed by atoms with van der Waals surface area (Å²) >= 11 is 5.55. The molecule has 1 saturated heterocycles. The van der Waals surface area contributed by atoms with E-state index in [1.54, 1.807) is 0 Å². The predicted octanol–water partition coefficient (Wildman–Crippen LogP) is 1.99. The topological polar surface area (TPSA) is 37.0 Å². The van der Waals surface area contributed by atoms with Crippen molar-refractivity contribution in [3.05, 3.63) is 28.5 Å². The number of aromatic nitrogens is 1. The van der Waals surface area contributed by atoms with Gasteiger partial charge in [0.1, 0.15) is 5.15 Å². The molecule has 0 bridgehead atoms. The highest BCUT2D eigenvalue weighted by Gasteiger charge is 2.34. The zero-order chi connectivity index (χ0) is 12.5. The first-order chi connectivity index (χ1) is 7.98. The van der Waals surface area contributed by atoms with E-state index in [9.17, 15) is 13.2 Å². The highest BCUT2D eigenvalue weighted by atomic mass is 35.5. The Kier molecular flexibility index (Phi) is 3.56. The van der Waals surface area contributed by atoms with E-state index in [1.165, 1.54) is 6.07 Å². The van der Waals surface area contributed by atoms with Crippen molar-refractivity contribution in [2.24, 2.45) is 0 Å². The van der Waals surface area contributed by atoms with Crippen molar-refractivity contribution < 1.29 is 13.2 Å². The summed E-state index contributed by atoms with van der Waals surface area (Å²) < 4.78 is 37.4. The summed E-state index contributed by atoms with van der Waals surface area (Å²) in [4.78, 5) is 3.81. The molecule has 0 saturated carbocycles. The molecule has 0 aliphatic carbocycles. The molecular formula is C10H11ClF3N3. The van der Waals surface area contributed by atoms with Gasteiger partial charge in [0.15, 0.2) is 0 Å². The minimum atomic E-state index is -4.46. The summed E-state index contributed by atoms with van der Waals surface area (Å²) in [7, 11) is 0. The van der Waals surface area contributed by atoms with E-state index < -0.39 is 16.9 Å². The number of hydrogen-bond acceptors (Lipinski definition) is 3. The van der Waals surface area contributed by atoms with Gasteiger partial charge in [0.05, 0.1) is 17.3 Å². The molecule has 1 aliphatic rings. The van der Waals surface area contributed by atoms with Gasteiger partial charge < -0.3 is 10.6 Å². The smallest absolute Gasteiger partial charge is 0.314 e. The summed E-state index contributed by atoms with van der Waals surface area (Å²) in [6, 6.07) is 2.24. The van der Waals surface area contributed by atoms with Crippen LogP contribution in [-0.4, -0.2) is 24.6 Å². The minimum absolute atomic E-state index is 0.0940. The molecule has 2 heterocycles. The number of halogens is 4. The van der Waals surface area contributed by atoms with Crippen LogP contribution in [0.1, 0.15) is 17.3 Å². The maximum atomic E-state index is 12.5. The fourth-order valence-corrected chi connectivity index (χ4v) is 1.98. The van der Waals surface area contributed by atoms with Crippen molar-refractivity contribution in [3.8, 4) is 0 Å². The normalized spacial score (nSPS) is 21.5. The van der Waals surface area contributed by atoms with E-state index in [2.05, 4.69) is 15.6 Å². The van der Waals surface area contributed by atoms with Crippen LogP contribution in [0.25, 0.3) is 0 Å². The molecule has 0 radical (unpaired) electrons. The van der Waals surface area contributed by atoms with Crippen molar-refractivity contribution in [1.82, 2.24) is 15.6 Å². The van der Waals surface area contributed by atoms with Gasteiger partial charge in [-0.2, -0.15) is 13.2 Å². The lowest BCUT2D eigenvalue weighted by Crippen LogP contribution is -2.43. The lowest BCUT2D eigenvalue weighted by molar-refractivity contribution is -0.137. The fraction of sp³-hybridized carbons (Fsp3) is 0.500. The third-order valence-electron chi connectivity index (χ3n) is 2.57. The zero-order valence-corrected chi connectivity index (χ0v) is 9.57. The predicted molar refractivity (Wildman–Crippen MR) is 57.9 cm³/mol. The van der Waals surface area contributed by atoms with E-state index in [0.29, 0.717) is 12.2 Å². The molecule has 17 heavy (non-hydrogen) atoms. The first-order valence-corrected chi connectivity index (χ1v) is 5.54. The van der Waals surface area contributed by atoms with Gasteiger partial charge in [0.25, 0.3) is 0 Å². The fourth-order valence-electron chi connectivity index (χ4n) is 1.72. The molecule has 1 fully saturated rings. The zero-order valence-electron chi connectivity index (χ0n) is 8.81. The second-order valence-corrected chi connectivity index (χ2v) is 4.14. The summed E-state index contributed by atoms with van der Waals surface area (Å²) in [5.41, 5.74) is -0.373. The number of pyridine rings is 1.